The molecule has 0 fully saturated rings. The second kappa shape index (κ2) is 3.38. The molecular formula is C10H12ClNO. The van der Waals surface area contributed by atoms with Gasteiger partial charge in [-0.05, 0) is 43.1 Å². The summed E-state index contributed by atoms with van der Waals surface area (Å²) in [6.45, 7) is 3.57. The maximum Gasteiger partial charge on any atom is 0.231 e. The van der Waals surface area contributed by atoms with Crippen LogP contribution in [0.2, 0.25) is 0 Å². The van der Waals surface area contributed by atoms with Gasteiger partial charge in [0, 0.05) is 5.69 Å². The van der Waals surface area contributed by atoms with Gasteiger partial charge in [0.2, 0.25) is 5.24 Å². The molecule has 3 heteroatoms. The number of hydrogen-bond acceptors (Lipinski definition) is 2. The van der Waals surface area contributed by atoms with Crippen molar-refractivity contribution in [1.29, 1.82) is 0 Å². The van der Waals surface area contributed by atoms with Gasteiger partial charge >= 0.3 is 0 Å². The Balaban J connectivity index is 3.08. The lowest BCUT2D eigenvalue weighted by atomic mass is 9.86. The average Bonchev–Trinajstić information content (AvgIpc) is 2.04. The van der Waals surface area contributed by atoms with E-state index in [1.165, 1.54) is 0 Å². The molecule has 70 valence electrons. The topological polar surface area (TPSA) is 43.1 Å². The first-order chi connectivity index (χ1) is 5.94. The predicted molar refractivity (Wildman–Crippen MR) is 54.7 cm³/mol. The molecule has 1 aromatic rings. The summed E-state index contributed by atoms with van der Waals surface area (Å²) in [4.78, 5) is 11.1. The molecule has 0 spiro atoms. The van der Waals surface area contributed by atoms with Gasteiger partial charge in [-0.15, -0.1) is 0 Å². The van der Waals surface area contributed by atoms with Gasteiger partial charge < -0.3 is 5.73 Å². The number of carbonyl (C=O) groups excluding carboxylic acids is 1. The molecule has 0 radical (unpaired) electrons. The molecule has 0 heterocycles. The molecule has 2 N–H and O–H groups in total. The third kappa shape index (κ3) is 2.01. The van der Waals surface area contributed by atoms with E-state index < -0.39 is 5.41 Å². The molecule has 0 amide bonds. The lowest BCUT2D eigenvalue weighted by molar-refractivity contribution is -0.115. The summed E-state index contributed by atoms with van der Waals surface area (Å²) < 4.78 is 0. The molecule has 0 saturated heterocycles. The zero-order valence-electron chi connectivity index (χ0n) is 7.67. The Labute approximate surface area is 82.7 Å². The van der Waals surface area contributed by atoms with Gasteiger partial charge in [0.25, 0.3) is 0 Å². The van der Waals surface area contributed by atoms with E-state index in [9.17, 15) is 4.79 Å². The number of anilines is 1. The molecule has 0 unspecified atom stereocenters. The average molecular weight is 198 g/mol. The fraction of sp³-hybridized carbons (Fsp3) is 0.300. The molecule has 0 aliphatic heterocycles. The van der Waals surface area contributed by atoms with Crippen molar-refractivity contribution in [2.24, 2.45) is 0 Å². The molecule has 0 bridgehead atoms. The highest BCUT2D eigenvalue weighted by Gasteiger charge is 2.27. The van der Waals surface area contributed by atoms with Crippen LogP contribution in [0.1, 0.15) is 19.4 Å². The maximum absolute atomic E-state index is 11.1. The number of rotatable bonds is 2. The van der Waals surface area contributed by atoms with Gasteiger partial charge in [0.1, 0.15) is 0 Å². The smallest absolute Gasteiger partial charge is 0.231 e. The number of benzene rings is 1. The lowest BCUT2D eigenvalue weighted by Crippen LogP contribution is -2.24. The number of carbonyl (C=O) groups is 1. The van der Waals surface area contributed by atoms with Crippen LogP contribution in [0.4, 0.5) is 5.69 Å². The third-order valence-electron chi connectivity index (χ3n) is 2.12. The minimum absolute atomic E-state index is 0.364. The van der Waals surface area contributed by atoms with Gasteiger partial charge in [-0.1, -0.05) is 12.1 Å². The van der Waals surface area contributed by atoms with Crippen molar-refractivity contribution >= 4 is 22.5 Å². The van der Waals surface area contributed by atoms with E-state index in [4.69, 9.17) is 17.3 Å². The fourth-order valence-corrected chi connectivity index (χ4v) is 1.12. The lowest BCUT2D eigenvalue weighted by Gasteiger charge is -2.19. The van der Waals surface area contributed by atoms with E-state index in [-0.39, 0.29) is 5.24 Å². The molecule has 0 aliphatic rings. The van der Waals surface area contributed by atoms with E-state index in [2.05, 4.69) is 0 Å². The van der Waals surface area contributed by atoms with E-state index >= 15 is 0 Å². The maximum atomic E-state index is 11.1. The number of halogens is 1. The summed E-state index contributed by atoms with van der Waals surface area (Å²) >= 11 is 5.47. The summed E-state index contributed by atoms with van der Waals surface area (Å²) in [6.07, 6.45) is 0. The highest BCUT2D eigenvalue weighted by Crippen LogP contribution is 2.26. The van der Waals surface area contributed by atoms with Crippen LogP contribution in [0.5, 0.6) is 0 Å². The van der Waals surface area contributed by atoms with Gasteiger partial charge in [0.15, 0.2) is 0 Å². The number of hydrogen-bond donors (Lipinski definition) is 1. The highest BCUT2D eigenvalue weighted by molar-refractivity contribution is 6.65. The molecule has 1 aromatic carbocycles. The zero-order chi connectivity index (χ0) is 10.1. The van der Waals surface area contributed by atoms with Crippen molar-refractivity contribution < 1.29 is 4.79 Å². The Bertz CT molecular complexity index is 316. The molecule has 0 saturated carbocycles. The van der Waals surface area contributed by atoms with Crippen molar-refractivity contribution in [2.45, 2.75) is 19.3 Å². The second-order valence-electron chi connectivity index (χ2n) is 3.52. The summed E-state index contributed by atoms with van der Waals surface area (Å²) in [5.41, 5.74) is 6.44. The predicted octanol–water partition coefficient (Wildman–Crippen LogP) is 2.31. The summed E-state index contributed by atoms with van der Waals surface area (Å²) in [7, 11) is 0. The van der Waals surface area contributed by atoms with E-state index in [0.29, 0.717) is 5.69 Å². The zero-order valence-corrected chi connectivity index (χ0v) is 8.43. The Morgan fingerprint density at radius 2 is 1.77 bits per heavy atom. The summed E-state index contributed by atoms with van der Waals surface area (Å²) in [5.74, 6) is 0. The van der Waals surface area contributed by atoms with Crippen LogP contribution >= 0.6 is 11.6 Å². The Kier molecular flexibility index (Phi) is 2.62. The minimum atomic E-state index is -0.644. The SMILES string of the molecule is CC(C)(C(=O)Cl)c1ccc(N)cc1. The number of nitrogens with two attached hydrogens (primary N) is 1. The van der Waals surface area contributed by atoms with Crippen LogP contribution in [0.3, 0.4) is 0 Å². The van der Waals surface area contributed by atoms with Crippen LogP contribution in [-0.2, 0) is 10.2 Å². The van der Waals surface area contributed by atoms with Crippen LogP contribution in [-0.4, -0.2) is 5.24 Å². The highest BCUT2D eigenvalue weighted by atomic mass is 35.5. The number of nitrogen functional groups attached to an aromatic ring is 1. The van der Waals surface area contributed by atoms with Crippen LogP contribution in [0, 0.1) is 0 Å². The van der Waals surface area contributed by atoms with Crippen molar-refractivity contribution in [2.75, 3.05) is 5.73 Å². The first kappa shape index (κ1) is 10.1. The van der Waals surface area contributed by atoms with E-state index in [1.54, 1.807) is 26.0 Å². The minimum Gasteiger partial charge on any atom is -0.399 e. The molecule has 13 heavy (non-hydrogen) atoms. The van der Waals surface area contributed by atoms with Crippen LogP contribution in [0.15, 0.2) is 24.3 Å². The first-order valence-electron chi connectivity index (χ1n) is 4.00. The van der Waals surface area contributed by atoms with Crippen molar-refractivity contribution in [3.8, 4) is 0 Å². The molecule has 2 nitrogen and oxygen atoms in total. The molecular weight excluding hydrogens is 186 g/mol. The normalized spacial score (nSPS) is 11.3. The van der Waals surface area contributed by atoms with E-state index in [1.807, 2.05) is 12.1 Å². The van der Waals surface area contributed by atoms with Crippen molar-refractivity contribution in [1.82, 2.24) is 0 Å². The fourth-order valence-electron chi connectivity index (χ4n) is 1.01. The molecule has 0 atom stereocenters. The quantitative estimate of drug-likeness (QED) is 0.584. The molecule has 0 aromatic heterocycles. The molecule has 1 rings (SSSR count). The van der Waals surface area contributed by atoms with Gasteiger partial charge in [0.05, 0.1) is 5.41 Å². The molecule has 0 aliphatic carbocycles. The first-order valence-corrected chi connectivity index (χ1v) is 4.38. The van der Waals surface area contributed by atoms with Gasteiger partial charge in [-0.2, -0.15) is 0 Å². The Morgan fingerprint density at radius 1 is 1.31 bits per heavy atom. The van der Waals surface area contributed by atoms with Crippen molar-refractivity contribution in [3.63, 3.8) is 0 Å². The van der Waals surface area contributed by atoms with Crippen LogP contribution in [0.25, 0.3) is 0 Å². The van der Waals surface area contributed by atoms with Crippen molar-refractivity contribution in [3.05, 3.63) is 29.8 Å². The van der Waals surface area contributed by atoms with E-state index in [0.717, 1.165) is 5.56 Å². The third-order valence-corrected chi connectivity index (χ3v) is 2.60. The monoisotopic (exact) mass is 197 g/mol. The van der Waals surface area contributed by atoms with Gasteiger partial charge in [-0.3, -0.25) is 4.79 Å². The summed E-state index contributed by atoms with van der Waals surface area (Å²) in [5, 5.41) is -0.364. The van der Waals surface area contributed by atoms with Gasteiger partial charge in [-0.25, -0.2) is 0 Å². The second-order valence-corrected chi connectivity index (χ2v) is 3.86. The van der Waals surface area contributed by atoms with Crippen LogP contribution < -0.4 is 5.73 Å². The Morgan fingerprint density at radius 3 is 2.15 bits per heavy atom. The largest absolute Gasteiger partial charge is 0.399 e. The standard InChI is InChI=1S/C10H12ClNO/c1-10(2,9(11)13)7-3-5-8(12)6-4-7/h3-6H,12H2,1-2H3. The summed E-state index contributed by atoms with van der Waals surface area (Å²) in [6, 6.07) is 7.15. The Hall–Kier alpha value is -1.02.